The molecule has 0 bridgehead atoms. The Labute approximate surface area is 160 Å². The molecular formula is C26H36. The van der Waals surface area contributed by atoms with Gasteiger partial charge in [-0.3, -0.25) is 0 Å². The van der Waals surface area contributed by atoms with Crippen LogP contribution in [0.4, 0.5) is 0 Å². The van der Waals surface area contributed by atoms with E-state index in [1.807, 2.05) is 5.57 Å². The van der Waals surface area contributed by atoms with Gasteiger partial charge < -0.3 is 0 Å². The van der Waals surface area contributed by atoms with E-state index in [0.717, 1.165) is 23.7 Å². The van der Waals surface area contributed by atoms with E-state index in [2.05, 4.69) is 62.4 Å². The van der Waals surface area contributed by atoms with Gasteiger partial charge in [0.2, 0.25) is 0 Å². The number of allylic oxidation sites excluding steroid dienone is 4. The molecule has 0 saturated heterocycles. The summed E-state index contributed by atoms with van der Waals surface area (Å²) < 4.78 is 0. The topological polar surface area (TPSA) is 0 Å². The van der Waals surface area contributed by atoms with Crippen molar-refractivity contribution in [1.29, 1.82) is 0 Å². The lowest BCUT2D eigenvalue weighted by Gasteiger charge is -2.36. The Morgan fingerprint density at radius 3 is 2.54 bits per heavy atom. The van der Waals surface area contributed by atoms with E-state index in [1.54, 1.807) is 5.56 Å². The highest BCUT2D eigenvalue weighted by Crippen LogP contribution is 2.77. The smallest absolute Gasteiger partial charge is 0.00227 e. The van der Waals surface area contributed by atoms with Crippen molar-refractivity contribution in [3.8, 4) is 0 Å². The summed E-state index contributed by atoms with van der Waals surface area (Å²) in [5.74, 6) is 3.25. The zero-order valence-corrected chi connectivity index (χ0v) is 16.8. The van der Waals surface area contributed by atoms with Crippen LogP contribution in [-0.4, -0.2) is 0 Å². The number of rotatable bonds is 6. The van der Waals surface area contributed by atoms with Gasteiger partial charge in [0.1, 0.15) is 0 Å². The monoisotopic (exact) mass is 348 g/mol. The molecule has 1 fully saturated rings. The first kappa shape index (κ1) is 18.1. The quantitative estimate of drug-likeness (QED) is 0.462. The molecule has 1 aromatic rings. The molecule has 3 aliphatic carbocycles. The highest BCUT2D eigenvalue weighted by atomic mass is 14.7. The molecule has 0 heteroatoms. The number of hydrogen-bond donors (Lipinski definition) is 0. The van der Waals surface area contributed by atoms with Crippen molar-refractivity contribution in [2.75, 3.05) is 0 Å². The predicted octanol–water partition coefficient (Wildman–Crippen LogP) is 7.68. The van der Waals surface area contributed by atoms with Crippen molar-refractivity contribution < 1.29 is 0 Å². The maximum Gasteiger partial charge on any atom is -0.00227 e. The molecule has 0 heterocycles. The first-order chi connectivity index (χ1) is 12.8. The zero-order valence-electron chi connectivity index (χ0n) is 16.8. The van der Waals surface area contributed by atoms with Gasteiger partial charge in [0.15, 0.2) is 0 Å². The van der Waals surface area contributed by atoms with E-state index in [0.29, 0.717) is 5.41 Å². The summed E-state index contributed by atoms with van der Waals surface area (Å²) in [4.78, 5) is 0. The van der Waals surface area contributed by atoms with E-state index in [4.69, 9.17) is 0 Å². The fourth-order valence-corrected chi connectivity index (χ4v) is 6.70. The molecule has 0 radical (unpaired) electrons. The molecule has 5 unspecified atom stereocenters. The zero-order chi connectivity index (χ0) is 18.0. The van der Waals surface area contributed by atoms with Crippen molar-refractivity contribution in [3.05, 3.63) is 59.7 Å². The molecule has 0 spiro atoms. The van der Waals surface area contributed by atoms with Gasteiger partial charge in [-0.15, -0.1) is 0 Å². The minimum Gasteiger partial charge on any atom is -0.0885 e. The van der Waals surface area contributed by atoms with Crippen LogP contribution in [0, 0.1) is 23.2 Å². The van der Waals surface area contributed by atoms with Crippen molar-refractivity contribution >= 4 is 0 Å². The van der Waals surface area contributed by atoms with Crippen LogP contribution in [0.3, 0.4) is 0 Å². The number of hydrogen-bond acceptors (Lipinski definition) is 0. The van der Waals surface area contributed by atoms with Crippen LogP contribution in [0.2, 0.25) is 0 Å². The Bertz CT molecular complexity index is 652. The summed E-state index contributed by atoms with van der Waals surface area (Å²) in [5.41, 5.74) is 3.94. The molecule has 0 aromatic heterocycles. The van der Waals surface area contributed by atoms with Crippen LogP contribution in [0.15, 0.2) is 54.1 Å². The standard InChI is InChI=1S/C26H36/c1-3-13-20(2)26(23-18-11-6-12-19-23)24(21-14-7-4-8-15-21)25(26)22-16-9-5-10-17-22/h4,6-8,11,14-16,20,23-25H,3,5,9-10,12-13,17-19H2,1-2H3. The molecular weight excluding hydrogens is 312 g/mol. The Morgan fingerprint density at radius 1 is 1.04 bits per heavy atom. The van der Waals surface area contributed by atoms with E-state index in [9.17, 15) is 0 Å². The number of benzene rings is 1. The van der Waals surface area contributed by atoms with Crippen molar-refractivity contribution in [3.63, 3.8) is 0 Å². The molecule has 0 amide bonds. The van der Waals surface area contributed by atoms with Crippen LogP contribution in [0.5, 0.6) is 0 Å². The van der Waals surface area contributed by atoms with Crippen LogP contribution in [0.1, 0.15) is 83.1 Å². The third kappa shape index (κ3) is 3.00. The molecule has 0 aliphatic heterocycles. The van der Waals surface area contributed by atoms with Crippen molar-refractivity contribution in [2.45, 2.75) is 77.6 Å². The van der Waals surface area contributed by atoms with E-state index >= 15 is 0 Å². The molecule has 1 aromatic carbocycles. The highest BCUT2D eigenvalue weighted by molar-refractivity contribution is 5.42. The second-order valence-electron chi connectivity index (χ2n) is 9.06. The molecule has 5 atom stereocenters. The third-order valence-corrected chi connectivity index (χ3v) is 7.74. The van der Waals surface area contributed by atoms with E-state index in [1.165, 1.54) is 57.8 Å². The molecule has 1 saturated carbocycles. The maximum absolute atomic E-state index is 2.64. The van der Waals surface area contributed by atoms with Crippen LogP contribution in [-0.2, 0) is 0 Å². The maximum atomic E-state index is 2.64. The second-order valence-corrected chi connectivity index (χ2v) is 9.06. The minimum absolute atomic E-state index is 0.505. The highest BCUT2D eigenvalue weighted by Gasteiger charge is 2.70. The third-order valence-electron chi connectivity index (χ3n) is 7.74. The SMILES string of the molecule is CCCC(C)C1(C2CC=CCC2)C(C2=CCCCC2)C1c1ccccc1. The molecule has 0 nitrogen and oxygen atoms in total. The first-order valence-corrected chi connectivity index (χ1v) is 11.2. The normalized spacial score (nSPS) is 35.0. The Morgan fingerprint density at radius 2 is 1.88 bits per heavy atom. The largest absolute Gasteiger partial charge is 0.0885 e. The fraction of sp³-hybridized carbons (Fsp3) is 0.615. The summed E-state index contributed by atoms with van der Waals surface area (Å²) in [7, 11) is 0. The average molecular weight is 349 g/mol. The Hall–Kier alpha value is -1.30. The van der Waals surface area contributed by atoms with Gasteiger partial charge in [-0.1, -0.05) is 80.8 Å². The summed E-state index contributed by atoms with van der Waals surface area (Å²) >= 11 is 0. The van der Waals surface area contributed by atoms with Gasteiger partial charge >= 0.3 is 0 Å². The molecule has 0 N–H and O–H groups in total. The van der Waals surface area contributed by atoms with Crippen LogP contribution >= 0.6 is 0 Å². The van der Waals surface area contributed by atoms with E-state index < -0.39 is 0 Å². The van der Waals surface area contributed by atoms with Gasteiger partial charge in [0, 0.05) is 0 Å². The van der Waals surface area contributed by atoms with E-state index in [-0.39, 0.29) is 0 Å². The van der Waals surface area contributed by atoms with Gasteiger partial charge in [-0.2, -0.15) is 0 Å². The molecule has 3 aliphatic rings. The van der Waals surface area contributed by atoms with Crippen molar-refractivity contribution in [1.82, 2.24) is 0 Å². The van der Waals surface area contributed by atoms with Gasteiger partial charge in [-0.25, -0.2) is 0 Å². The summed E-state index contributed by atoms with van der Waals surface area (Å²) in [5, 5.41) is 0. The van der Waals surface area contributed by atoms with Crippen LogP contribution in [0.25, 0.3) is 0 Å². The van der Waals surface area contributed by atoms with Gasteiger partial charge in [0.25, 0.3) is 0 Å². The summed E-state index contributed by atoms with van der Waals surface area (Å²) in [6, 6.07) is 11.5. The fourth-order valence-electron chi connectivity index (χ4n) is 6.70. The summed E-state index contributed by atoms with van der Waals surface area (Å²) in [6.07, 6.45) is 19.7. The predicted molar refractivity (Wildman–Crippen MR) is 112 cm³/mol. The lowest BCUT2D eigenvalue weighted by molar-refractivity contribution is 0.165. The average Bonchev–Trinajstić information content (AvgIpc) is 3.42. The van der Waals surface area contributed by atoms with Gasteiger partial charge in [-0.05, 0) is 79.6 Å². The minimum atomic E-state index is 0.505. The Kier molecular flexibility index (Phi) is 5.39. The lowest BCUT2D eigenvalue weighted by Crippen LogP contribution is -2.28. The molecule has 26 heavy (non-hydrogen) atoms. The lowest BCUT2D eigenvalue weighted by atomic mass is 9.68. The summed E-state index contributed by atoms with van der Waals surface area (Å²) in [6.45, 7) is 4.96. The second kappa shape index (κ2) is 7.75. The molecule has 140 valence electrons. The van der Waals surface area contributed by atoms with Gasteiger partial charge in [0.05, 0.1) is 0 Å². The Balaban J connectivity index is 1.77. The molecule has 4 rings (SSSR count). The van der Waals surface area contributed by atoms with Crippen molar-refractivity contribution in [2.24, 2.45) is 23.2 Å². The first-order valence-electron chi connectivity index (χ1n) is 11.2. The van der Waals surface area contributed by atoms with Crippen LogP contribution < -0.4 is 0 Å².